The summed E-state index contributed by atoms with van der Waals surface area (Å²) in [6.07, 6.45) is 22.5. The fraction of sp³-hybridized carbons (Fsp3) is 0.941. The maximum atomic E-state index is 14.6. The molecule has 0 aliphatic heterocycles. The smallest absolute Gasteiger partial charge is 0.229 e. The number of carbonyl (C=O) groups is 2. The molecule has 0 heterocycles. The van der Waals surface area contributed by atoms with Crippen LogP contribution in [-0.2, 0) is 9.59 Å². The number of amides is 2. The molecule has 12 aliphatic rings. The van der Waals surface area contributed by atoms with E-state index in [1.807, 2.05) is 0 Å². The van der Waals surface area contributed by atoms with Crippen LogP contribution in [0.1, 0.15) is 116 Å². The van der Waals surface area contributed by atoms with Crippen LogP contribution in [0.15, 0.2) is 0 Å². The van der Waals surface area contributed by atoms with Crippen LogP contribution in [-0.4, -0.2) is 46.8 Å². The summed E-state index contributed by atoms with van der Waals surface area (Å²) in [5.41, 5.74) is -0.136. The van der Waals surface area contributed by atoms with E-state index in [1.165, 1.54) is 109 Å². The Morgan fingerprint density at radius 1 is 0.447 bits per heavy atom. The van der Waals surface area contributed by atoms with Gasteiger partial charge in [0.15, 0.2) is 0 Å². The minimum absolute atomic E-state index is 0.0134. The van der Waals surface area contributed by atoms with Crippen LogP contribution >= 0.6 is 0 Å². The van der Waals surface area contributed by atoms with Crippen LogP contribution in [0.4, 0.5) is 0 Å². The normalized spacial score (nSPS) is 56.5. The monoisotopic (exact) mass is 518 g/mol. The molecule has 208 valence electrons. The summed E-state index contributed by atoms with van der Waals surface area (Å²) in [6, 6.07) is 0. The Kier molecular flexibility index (Phi) is 4.61. The minimum atomic E-state index is -0.0546. The predicted octanol–water partition coefficient (Wildman–Crippen LogP) is 6.43. The van der Waals surface area contributed by atoms with Gasteiger partial charge in [-0.3, -0.25) is 9.59 Å². The third-order valence-electron chi connectivity index (χ3n) is 15.0. The van der Waals surface area contributed by atoms with Gasteiger partial charge in [0.05, 0.1) is 10.8 Å². The van der Waals surface area contributed by atoms with Crippen molar-refractivity contribution in [1.82, 2.24) is 9.80 Å². The molecule has 0 aromatic rings. The molecule has 0 N–H and O–H groups in total. The summed E-state index contributed by atoms with van der Waals surface area (Å²) in [7, 11) is 4.42. The minimum Gasteiger partial charge on any atom is -0.339 e. The van der Waals surface area contributed by atoms with Crippen LogP contribution in [0.5, 0.6) is 0 Å². The molecule has 4 nitrogen and oxygen atoms in total. The summed E-state index contributed by atoms with van der Waals surface area (Å²) >= 11 is 0. The third-order valence-corrected chi connectivity index (χ3v) is 15.0. The first kappa shape index (κ1) is 23.6. The van der Waals surface area contributed by atoms with Crippen molar-refractivity contribution in [3.63, 3.8) is 0 Å². The van der Waals surface area contributed by atoms with Crippen molar-refractivity contribution >= 4 is 11.8 Å². The fourth-order valence-electron chi connectivity index (χ4n) is 14.8. The first-order valence-corrected chi connectivity index (χ1v) is 16.7. The molecule has 0 radical (unpaired) electrons. The Bertz CT molecular complexity index is 912. The topological polar surface area (TPSA) is 40.6 Å². The average Bonchev–Trinajstić information content (AvgIpc) is 2.84. The van der Waals surface area contributed by atoms with Crippen LogP contribution in [0, 0.1) is 58.2 Å². The van der Waals surface area contributed by atoms with Gasteiger partial charge in [0.25, 0.3) is 0 Å². The first-order chi connectivity index (χ1) is 18.2. The highest BCUT2D eigenvalue weighted by molar-refractivity contribution is 5.85. The number of hydrogen-bond acceptors (Lipinski definition) is 2. The van der Waals surface area contributed by atoms with Gasteiger partial charge in [0, 0.05) is 25.2 Å². The SMILES string of the molecule is CN(C(=O)C12CC3CC(CC(C3)C1)C2)C12CC3CC(C1)CC(N(C)C(=O)C14CC5CC(CC(C5)C1)C4)(C3)C2. The summed E-state index contributed by atoms with van der Waals surface area (Å²) in [6.45, 7) is 0. The molecule has 12 saturated carbocycles. The first-order valence-electron chi connectivity index (χ1n) is 16.7. The molecule has 12 aliphatic carbocycles. The van der Waals surface area contributed by atoms with Gasteiger partial charge in [-0.15, -0.1) is 0 Å². The number of nitrogens with zero attached hydrogens (tertiary/aromatic N) is 2. The van der Waals surface area contributed by atoms with Crippen LogP contribution < -0.4 is 0 Å². The lowest BCUT2D eigenvalue weighted by Gasteiger charge is -2.68. The maximum absolute atomic E-state index is 14.6. The Hall–Kier alpha value is -1.06. The van der Waals surface area contributed by atoms with Gasteiger partial charge in [-0.1, -0.05) is 0 Å². The van der Waals surface area contributed by atoms with Gasteiger partial charge in [-0.2, -0.15) is 0 Å². The van der Waals surface area contributed by atoms with Crippen molar-refractivity contribution in [2.75, 3.05) is 14.1 Å². The molecule has 38 heavy (non-hydrogen) atoms. The van der Waals surface area contributed by atoms with E-state index < -0.39 is 0 Å². The second kappa shape index (κ2) is 7.41. The largest absolute Gasteiger partial charge is 0.339 e. The van der Waals surface area contributed by atoms with Crippen molar-refractivity contribution < 1.29 is 9.59 Å². The Morgan fingerprint density at radius 2 is 0.711 bits per heavy atom. The van der Waals surface area contributed by atoms with E-state index in [-0.39, 0.29) is 21.9 Å². The van der Waals surface area contributed by atoms with E-state index in [2.05, 4.69) is 23.9 Å². The number of rotatable bonds is 4. The molecule has 0 spiro atoms. The molecule has 12 rings (SSSR count). The second-order valence-corrected chi connectivity index (χ2v) is 17.5. The fourth-order valence-corrected chi connectivity index (χ4v) is 14.8. The number of carbonyl (C=O) groups excluding carboxylic acids is 2. The Morgan fingerprint density at radius 3 is 1.00 bits per heavy atom. The molecule has 0 unspecified atom stereocenters. The van der Waals surface area contributed by atoms with Gasteiger partial charge in [0.2, 0.25) is 11.8 Å². The lowest BCUT2D eigenvalue weighted by atomic mass is 9.46. The van der Waals surface area contributed by atoms with Crippen molar-refractivity contribution in [3.05, 3.63) is 0 Å². The highest BCUT2D eigenvalue weighted by Crippen LogP contribution is 2.66. The molecular weight excluding hydrogens is 468 g/mol. The van der Waals surface area contributed by atoms with E-state index in [9.17, 15) is 9.59 Å². The molecule has 4 heteroatoms. The molecule has 0 atom stereocenters. The lowest BCUT2D eigenvalue weighted by Crippen LogP contribution is -2.72. The summed E-state index contributed by atoms with van der Waals surface area (Å²) < 4.78 is 0. The zero-order valence-corrected chi connectivity index (χ0v) is 24.1. The van der Waals surface area contributed by atoms with E-state index in [1.54, 1.807) is 0 Å². The van der Waals surface area contributed by atoms with E-state index in [4.69, 9.17) is 0 Å². The van der Waals surface area contributed by atoms with E-state index in [0.717, 1.165) is 41.9 Å². The molecule has 12 bridgehead atoms. The zero-order chi connectivity index (χ0) is 25.7. The molecular formula is C34H50N2O2. The van der Waals surface area contributed by atoms with Gasteiger partial charge in [-0.05, 0) is 163 Å². The molecule has 12 fully saturated rings. The standard InChI is InChI=1S/C34H50N2O2/c1-35(29(37)31-10-21-3-22(11-31)5-23(4-21)12-31)33-16-27-9-28(17-33)19-34(18-27,20-33)36(2)30(38)32-13-24-6-25(14-32)8-26(7-24)15-32/h21-28H,3-20H2,1-2H3. The highest BCUT2D eigenvalue weighted by atomic mass is 16.2. The van der Waals surface area contributed by atoms with Gasteiger partial charge < -0.3 is 9.80 Å². The third kappa shape index (κ3) is 3.05. The van der Waals surface area contributed by atoms with Crippen molar-refractivity contribution in [2.45, 2.75) is 127 Å². The highest BCUT2D eigenvalue weighted by Gasteiger charge is 2.66. The Labute approximate surface area is 230 Å². The summed E-state index contributed by atoms with van der Waals surface area (Å²) in [5.74, 6) is 7.28. The van der Waals surface area contributed by atoms with Crippen molar-refractivity contribution in [1.29, 1.82) is 0 Å². The van der Waals surface area contributed by atoms with Crippen LogP contribution in [0.25, 0.3) is 0 Å². The van der Waals surface area contributed by atoms with Gasteiger partial charge in [-0.25, -0.2) is 0 Å². The predicted molar refractivity (Wildman–Crippen MR) is 147 cm³/mol. The summed E-state index contributed by atoms with van der Waals surface area (Å²) in [5, 5.41) is 0. The second-order valence-electron chi connectivity index (χ2n) is 17.5. The molecule has 0 saturated heterocycles. The zero-order valence-electron chi connectivity index (χ0n) is 24.1. The maximum Gasteiger partial charge on any atom is 0.229 e. The van der Waals surface area contributed by atoms with Crippen molar-refractivity contribution in [2.24, 2.45) is 58.2 Å². The Balaban J connectivity index is 1.02. The lowest BCUT2D eigenvalue weighted by molar-refractivity contribution is -0.190. The van der Waals surface area contributed by atoms with Crippen molar-refractivity contribution in [3.8, 4) is 0 Å². The number of hydrogen-bond donors (Lipinski definition) is 0. The van der Waals surface area contributed by atoms with Gasteiger partial charge in [0.1, 0.15) is 0 Å². The molecule has 0 aromatic heterocycles. The molecule has 2 amide bonds. The molecule has 0 aromatic carbocycles. The van der Waals surface area contributed by atoms with Crippen LogP contribution in [0.2, 0.25) is 0 Å². The summed E-state index contributed by atoms with van der Waals surface area (Å²) in [4.78, 5) is 33.9. The quantitative estimate of drug-likeness (QED) is 0.430. The van der Waals surface area contributed by atoms with Gasteiger partial charge >= 0.3 is 0 Å². The average molecular weight is 519 g/mol. The van der Waals surface area contributed by atoms with E-state index >= 15 is 0 Å². The van der Waals surface area contributed by atoms with E-state index in [0.29, 0.717) is 23.7 Å². The van der Waals surface area contributed by atoms with Crippen LogP contribution in [0.3, 0.4) is 0 Å².